The first-order valence-electron chi connectivity index (χ1n) is 12.8. The molecule has 0 heterocycles. The van der Waals surface area contributed by atoms with Gasteiger partial charge in [-0.05, 0) is 44.9 Å². The van der Waals surface area contributed by atoms with Crippen LogP contribution in [0.25, 0.3) is 0 Å². The van der Waals surface area contributed by atoms with Crippen molar-refractivity contribution in [1.29, 1.82) is 0 Å². The van der Waals surface area contributed by atoms with Crippen molar-refractivity contribution in [2.24, 2.45) is 0 Å². The van der Waals surface area contributed by atoms with Crippen molar-refractivity contribution < 1.29 is 28.7 Å². The average Bonchev–Trinajstić information content (AvgIpc) is 2.81. The van der Waals surface area contributed by atoms with Crippen molar-refractivity contribution in [3.8, 4) is 0 Å². The second-order valence-corrected chi connectivity index (χ2v) is 9.08. The highest BCUT2D eigenvalue weighted by Crippen LogP contribution is 2.03. The van der Waals surface area contributed by atoms with Crippen molar-refractivity contribution >= 4 is 11.9 Å². The van der Waals surface area contributed by atoms with Gasteiger partial charge in [-0.25, -0.2) is 0 Å². The van der Waals surface area contributed by atoms with Crippen LogP contribution in [-0.4, -0.2) is 62.1 Å². The van der Waals surface area contributed by atoms with Gasteiger partial charge < -0.3 is 19.1 Å². The molecule has 0 radical (unpaired) electrons. The average molecular weight is 505 g/mol. The van der Waals surface area contributed by atoms with Gasteiger partial charge in [0.25, 0.3) is 0 Å². The number of quaternary nitrogens is 1. The van der Waals surface area contributed by atoms with Gasteiger partial charge in [-0.15, -0.1) is 13.2 Å². The van der Waals surface area contributed by atoms with E-state index in [1.807, 2.05) is 21.1 Å². The molecule has 0 aliphatic rings. The number of rotatable bonds is 19. The molecule has 1 N–H and O–H groups in total. The topological polar surface area (TPSA) is 72.8 Å². The zero-order valence-electron chi connectivity index (χ0n) is 23.1. The first kappa shape index (κ1) is 35.5. The Labute approximate surface area is 220 Å². The van der Waals surface area contributed by atoms with Crippen LogP contribution in [0.4, 0.5) is 0 Å². The van der Waals surface area contributed by atoms with Gasteiger partial charge in [0, 0.05) is 6.42 Å². The normalized spacial score (nSPS) is 13.0. The van der Waals surface area contributed by atoms with E-state index >= 15 is 0 Å². The molecule has 0 aliphatic heterocycles. The second kappa shape index (κ2) is 25.4. The van der Waals surface area contributed by atoms with Crippen LogP contribution in [0.3, 0.4) is 0 Å². The molecule has 0 aliphatic carbocycles. The number of unbranched alkanes of at least 4 members (excludes halogenated alkanes) is 1. The number of ether oxygens (including phenoxy) is 2. The molecule has 0 aromatic carbocycles. The molecule has 1 unspecified atom stereocenters. The summed E-state index contributed by atoms with van der Waals surface area (Å²) in [5, 5.41) is 9.84. The van der Waals surface area contributed by atoms with Crippen LogP contribution < -0.4 is 0 Å². The minimum Gasteiger partial charge on any atom is -0.428 e. The van der Waals surface area contributed by atoms with Gasteiger partial charge in [0.1, 0.15) is 12.6 Å². The molecule has 0 amide bonds. The SMILES string of the molecule is C=C.CC/C=C\C/C=C\C/C=C\C/C=C\C/C=C\CCCC(=O)OCOC(=O)CC(O)C[N+](C)(C)C. The molecule has 0 fully saturated rings. The zero-order valence-corrected chi connectivity index (χ0v) is 23.1. The maximum absolute atomic E-state index is 11.7. The van der Waals surface area contributed by atoms with E-state index in [-0.39, 0.29) is 12.8 Å². The number of likely N-dealkylation sites (N-methyl/N-ethyl adjacent to an activating group) is 1. The maximum Gasteiger partial charge on any atom is 0.311 e. The fourth-order valence-corrected chi connectivity index (χ4v) is 2.91. The quantitative estimate of drug-likeness (QED) is 0.0744. The first-order chi connectivity index (χ1) is 17.2. The molecular formula is C30H50NO5+. The highest BCUT2D eigenvalue weighted by Gasteiger charge is 2.19. The number of allylic oxidation sites excluding steroid dienone is 10. The monoisotopic (exact) mass is 504 g/mol. The Hall–Kier alpha value is -2.70. The van der Waals surface area contributed by atoms with Crippen LogP contribution in [0, 0.1) is 0 Å². The molecule has 0 bridgehead atoms. The van der Waals surface area contributed by atoms with E-state index in [9.17, 15) is 14.7 Å². The fourth-order valence-electron chi connectivity index (χ4n) is 2.91. The summed E-state index contributed by atoms with van der Waals surface area (Å²) in [5.41, 5.74) is 0. The summed E-state index contributed by atoms with van der Waals surface area (Å²) in [6.45, 7) is 8.17. The summed E-state index contributed by atoms with van der Waals surface area (Å²) < 4.78 is 10.3. The lowest BCUT2D eigenvalue weighted by atomic mass is 10.2. The van der Waals surface area contributed by atoms with E-state index in [1.54, 1.807) is 0 Å². The molecule has 0 saturated carbocycles. The molecule has 0 spiro atoms. The third-order valence-corrected chi connectivity index (χ3v) is 4.51. The highest BCUT2D eigenvalue weighted by atomic mass is 16.7. The third-order valence-electron chi connectivity index (χ3n) is 4.51. The zero-order chi connectivity index (χ0) is 27.5. The molecule has 0 aromatic rings. The summed E-state index contributed by atoms with van der Waals surface area (Å²) in [6.07, 6.45) is 27.2. The molecule has 1 atom stereocenters. The minimum absolute atomic E-state index is 0.114. The lowest BCUT2D eigenvalue weighted by Crippen LogP contribution is -2.42. The maximum atomic E-state index is 11.7. The number of aliphatic hydroxyl groups excluding tert-OH is 1. The van der Waals surface area contributed by atoms with Crippen molar-refractivity contribution in [1.82, 2.24) is 0 Å². The van der Waals surface area contributed by atoms with Crippen LogP contribution in [0.1, 0.15) is 64.7 Å². The van der Waals surface area contributed by atoms with E-state index in [2.05, 4.69) is 80.8 Å². The summed E-state index contributed by atoms with van der Waals surface area (Å²) in [4.78, 5) is 23.3. The molecular weight excluding hydrogens is 454 g/mol. The van der Waals surface area contributed by atoms with Gasteiger partial charge in [0.2, 0.25) is 6.79 Å². The Morgan fingerprint density at radius 3 is 1.69 bits per heavy atom. The standard InChI is InChI=1S/C28H46NO5.C2H4/c1-5-6-7-8-9-10-11-12-13-14-15-16-17-18-19-20-21-22-27(31)33-25-34-28(32)23-26(30)24-29(2,3)4;1-2/h6-7,9-10,12-13,15-16,18-19,26,30H,5,8,11,14,17,20-25H2,1-4H3;1-2H2/q+1;/b7-6-,10-9-,13-12-,16-15-,19-18-;. The van der Waals surface area contributed by atoms with Gasteiger partial charge >= 0.3 is 11.9 Å². The number of carbonyl (C=O) groups is 2. The van der Waals surface area contributed by atoms with Crippen LogP contribution in [0.2, 0.25) is 0 Å². The number of hydrogen-bond donors (Lipinski definition) is 1. The second-order valence-electron chi connectivity index (χ2n) is 9.08. The number of nitrogens with zero attached hydrogens (tertiary/aromatic N) is 1. The summed E-state index contributed by atoms with van der Waals surface area (Å²) in [6, 6.07) is 0. The van der Waals surface area contributed by atoms with Crippen LogP contribution in [0.15, 0.2) is 73.9 Å². The molecule has 204 valence electrons. The fraction of sp³-hybridized carbons (Fsp3) is 0.533. The van der Waals surface area contributed by atoms with Crippen LogP contribution >= 0.6 is 0 Å². The van der Waals surface area contributed by atoms with E-state index in [0.29, 0.717) is 17.4 Å². The number of aliphatic hydroxyl groups is 1. The Morgan fingerprint density at radius 1 is 0.778 bits per heavy atom. The van der Waals surface area contributed by atoms with E-state index in [1.165, 1.54) is 0 Å². The van der Waals surface area contributed by atoms with E-state index in [0.717, 1.165) is 38.5 Å². The van der Waals surface area contributed by atoms with Gasteiger partial charge in [-0.1, -0.05) is 67.7 Å². The van der Waals surface area contributed by atoms with E-state index < -0.39 is 24.8 Å². The van der Waals surface area contributed by atoms with Crippen molar-refractivity contribution in [2.75, 3.05) is 34.5 Å². The highest BCUT2D eigenvalue weighted by molar-refractivity contribution is 5.71. The van der Waals surface area contributed by atoms with Gasteiger partial charge in [-0.3, -0.25) is 9.59 Å². The largest absolute Gasteiger partial charge is 0.428 e. The molecule has 6 nitrogen and oxygen atoms in total. The van der Waals surface area contributed by atoms with Gasteiger partial charge in [0.15, 0.2) is 0 Å². The Kier molecular flexibility index (Phi) is 25.0. The summed E-state index contributed by atoms with van der Waals surface area (Å²) in [5.74, 6) is -0.973. The van der Waals surface area contributed by atoms with Crippen molar-refractivity contribution in [2.45, 2.75) is 70.8 Å². The predicted octanol–water partition coefficient (Wildman–Crippen LogP) is 6.21. The molecule has 0 aromatic heterocycles. The Bertz CT molecular complexity index is 699. The molecule has 0 saturated heterocycles. The number of esters is 2. The van der Waals surface area contributed by atoms with Crippen LogP contribution in [0.5, 0.6) is 0 Å². The van der Waals surface area contributed by atoms with E-state index in [4.69, 9.17) is 9.47 Å². The van der Waals surface area contributed by atoms with Gasteiger partial charge in [-0.2, -0.15) is 0 Å². The van der Waals surface area contributed by atoms with Crippen LogP contribution in [-0.2, 0) is 19.1 Å². The van der Waals surface area contributed by atoms with Crippen molar-refractivity contribution in [3.63, 3.8) is 0 Å². The lowest BCUT2D eigenvalue weighted by molar-refractivity contribution is -0.873. The predicted molar refractivity (Wildman–Crippen MR) is 150 cm³/mol. The smallest absolute Gasteiger partial charge is 0.311 e. The van der Waals surface area contributed by atoms with Gasteiger partial charge in [0.05, 0.1) is 27.6 Å². The molecule has 6 heteroatoms. The summed E-state index contributed by atoms with van der Waals surface area (Å²) in [7, 11) is 5.78. The number of carbonyl (C=O) groups excluding carboxylic acids is 2. The third kappa shape index (κ3) is 29.3. The van der Waals surface area contributed by atoms with Crippen molar-refractivity contribution in [3.05, 3.63) is 73.9 Å². The molecule has 0 rings (SSSR count). The Balaban J connectivity index is 0. The first-order valence-corrected chi connectivity index (χ1v) is 12.8. The summed E-state index contributed by atoms with van der Waals surface area (Å²) >= 11 is 0. The number of hydrogen-bond acceptors (Lipinski definition) is 5. The minimum atomic E-state index is -0.785. The Morgan fingerprint density at radius 2 is 1.22 bits per heavy atom. The lowest BCUT2D eigenvalue weighted by Gasteiger charge is -2.26. The molecule has 36 heavy (non-hydrogen) atoms.